The van der Waals surface area contributed by atoms with Crippen LogP contribution in [0.2, 0.25) is 0 Å². The molecule has 4 heavy (non-hydrogen) atoms. The van der Waals surface area contributed by atoms with Crippen LogP contribution < -0.4 is 0 Å². The first-order valence-corrected chi connectivity index (χ1v) is 1.11. The second kappa shape index (κ2) is 21.3. The van der Waals surface area contributed by atoms with Crippen molar-refractivity contribution in [1.82, 2.24) is 0 Å². The Bertz CT molecular complexity index is 6.00. The van der Waals surface area contributed by atoms with Crippen LogP contribution in [-0.2, 0) is 64.2 Å². The summed E-state index contributed by atoms with van der Waals surface area (Å²) in [6, 6.07) is 0. The van der Waals surface area contributed by atoms with Crippen molar-refractivity contribution in [3.05, 3.63) is 0 Å². The average Bonchev–Trinajstić information content (AvgIpc) is 1.00. The minimum Gasteiger partial charge on any atom is 0 e. The van der Waals surface area contributed by atoms with Crippen LogP contribution in [0.25, 0.3) is 0 Å². The van der Waals surface area contributed by atoms with Crippen LogP contribution in [0.1, 0.15) is 0 Å². The van der Waals surface area contributed by atoms with Gasteiger partial charge in [0.05, 0.1) is 0 Å². The van der Waals surface area contributed by atoms with E-state index in [1.807, 2.05) is 0 Å². The van der Waals surface area contributed by atoms with E-state index in [9.17, 15) is 0 Å². The van der Waals surface area contributed by atoms with Crippen molar-refractivity contribution in [2.75, 3.05) is 0 Å². The van der Waals surface area contributed by atoms with E-state index in [1.165, 1.54) is 0 Å². The van der Waals surface area contributed by atoms with Crippen molar-refractivity contribution >= 4 is 0 Å². The molecule has 0 heterocycles. The molecule has 0 fully saturated rings. The van der Waals surface area contributed by atoms with Gasteiger partial charge in [0.25, 0.3) is 0 Å². The predicted molar refractivity (Wildman–Crippen MR) is 0.686 cm³/mol. The first kappa shape index (κ1) is 17.0. The third-order valence-corrected chi connectivity index (χ3v) is 0. The van der Waals surface area contributed by atoms with Gasteiger partial charge in [-0.1, -0.05) is 0 Å². The Morgan fingerprint density at radius 2 is 1.25 bits per heavy atom. The Hall–Kier alpha value is 1.81. The van der Waals surface area contributed by atoms with Crippen molar-refractivity contribution in [2.45, 2.75) is 0 Å². The van der Waals surface area contributed by atoms with Crippen molar-refractivity contribution in [2.24, 2.45) is 0 Å². The molecule has 0 amide bonds. The smallest absolute Gasteiger partial charge is 0 e. The van der Waals surface area contributed by atoms with Crippen LogP contribution in [0, 0.1) is 0 Å². The van der Waals surface area contributed by atoms with Gasteiger partial charge >= 0.3 is 22.4 Å². The molecule has 0 spiro atoms. The van der Waals surface area contributed by atoms with E-state index in [-0.39, 0.29) is 41.8 Å². The molecule has 0 saturated carbocycles. The standard InChI is InChI=1S/2Ir.O.Ti. The molecule has 0 aliphatic carbocycles. The third kappa shape index (κ3) is 9.18. The number of rotatable bonds is 0. The maximum atomic E-state index is 8.25. The molecule has 0 saturated heterocycles. The molecule has 0 rings (SSSR count). The Balaban J connectivity index is -0.00000000500. The van der Waals surface area contributed by atoms with Crippen molar-refractivity contribution < 1.29 is 64.2 Å². The van der Waals surface area contributed by atoms with Crippen LogP contribution in [0.15, 0.2) is 0 Å². The van der Waals surface area contributed by atoms with E-state index in [1.54, 1.807) is 0 Å². The molecule has 4 heteroatoms. The van der Waals surface area contributed by atoms with Crippen molar-refractivity contribution in [1.29, 1.82) is 0 Å². The van der Waals surface area contributed by atoms with E-state index < -0.39 is 0 Å². The Morgan fingerprint density at radius 1 is 1.25 bits per heavy atom. The molecule has 0 aromatic carbocycles. The normalized spacial score (nSPS) is 1.25. The summed E-state index contributed by atoms with van der Waals surface area (Å²) in [6.45, 7) is 0. The Morgan fingerprint density at radius 3 is 1.25 bits per heavy atom. The monoisotopic (exact) mass is 450 g/mol. The van der Waals surface area contributed by atoms with Gasteiger partial charge in [0.1, 0.15) is 0 Å². The average molecular weight is 448 g/mol. The molecule has 28 valence electrons. The van der Waals surface area contributed by atoms with Gasteiger partial charge in [-0.3, -0.25) is 0 Å². The van der Waals surface area contributed by atoms with Gasteiger partial charge in [-0.25, -0.2) is 0 Å². The van der Waals surface area contributed by atoms with Gasteiger partial charge in [-0.2, -0.15) is 0 Å². The van der Waals surface area contributed by atoms with Crippen molar-refractivity contribution in [3.8, 4) is 0 Å². The van der Waals surface area contributed by atoms with Gasteiger partial charge in [-0.15, -0.1) is 0 Å². The van der Waals surface area contributed by atoms with Gasteiger partial charge in [-0.05, 0) is 0 Å². The van der Waals surface area contributed by atoms with Crippen LogP contribution in [0.5, 0.6) is 0 Å². The quantitative estimate of drug-likeness (QED) is 0.473. The van der Waals surface area contributed by atoms with E-state index in [2.05, 4.69) is 0 Å². The molecule has 0 N–H and O–H groups in total. The van der Waals surface area contributed by atoms with Gasteiger partial charge in [0.15, 0.2) is 0 Å². The summed E-state index contributed by atoms with van der Waals surface area (Å²) in [5.41, 5.74) is 0. The second-order valence-corrected chi connectivity index (χ2v) is 0. The van der Waals surface area contributed by atoms with E-state index >= 15 is 0 Å². The molecule has 0 bridgehead atoms. The fourth-order valence-electron chi connectivity index (χ4n) is 0. The largest absolute Gasteiger partial charge is 0 e. The van der Waals surface area contributed by atoms with E-state index in [0.29, 0.717) is 0 Å². The summed E-state index contributed by atoms with van der Waals surface area (Å²) in [7, 11) is 0. The Kier molecular flexibility index (Phi) is 90.6. The molecule has 1 nitrogen and oxygen atoms in total. The zero-order valence-corrected chi connectivity index (χ0v) is 7.93. The topological polar surface area (TPSA) is 17.1 Å². The molecular weight excluding hydrogens is 448 g/mol. The van der Waals surface area contributed by atoms with Crippen LogP contribution in [-0.4, -0.2) is 0 Å². The van der Waals surface area contributed by atoms with Gasteiger partial charge in [0, 0.05) is 41.8 Å². The van der Waals surface area contributed by atoms with Crippen LogP contribution in [0.3, 0.4) is 0 Å². The minimum absolute atomic E-state index is 0. The summed E-state index contributed by atoms with van der Waals surface area (Å²) in [5.74, 6) is 0. The van der Waals surface area contributed by atoms with Crippen molar-refractivity contribution in [3.63, 3.8) is 0 Å². The summed E-state index contributed by atoms with van der Waals surface area (Å²) in [5, 5.41) is 0. The van der Waals surface area contributed by atoms with Crippen LogP contribution in [0.4, 0.5) is 0 Å². The molecular formula is Ir2OTi. The first-order valence-electron chi connectivity index (χ1n) is 0.136. The minimum atomic E-state index is 0. The summed E-state index contributed by atoms with van der Waals surface area (Å²) in [4.78, 5) is 0. The molecule has 0 unspecified atom stereocenters. The fraction of sp³-hybridized carbons (Fsp3) is 0. The number of hydrogen-bond donors (Lipinski definition) is 0. The second-order valence-electron chi connectivity index (χ2n) is 0. The molecule has 0 aliphatic heterocycles. The molecule has 1 radical (unpaired) electrons. The number of hydrogen-bond acceptors (Lipinski definition) is 1. The molecule has 0 aromatic heterocycles. The maximum absolute atomic E-state index is 8.25. The fourth-order valence-corrected chi connectivity index (χ4v) is 0. The summed E-state index contributed by atoms with van der Waals surface area (Å²) >= 11 is 0.750. The summed E-state index contributed by atoms with van der Waals surface area (Å²) in [6.07, 6.45) is 0. The van der Waals surface area contributed by atoms with Gasteiger partial charge < -0.3 is 0 Å². The third-order valence-electron chi connectivity index (χ3n) is 0. The molecule has 0 atom stereocenters. The Labute approximate surface area is 63.6 Å². The maximum Gasteiger partial charge on any atom is 0 e. The van der Waals surface area contributed by atoms with E-state index in [4.69, 9.17) is 3.50 Å². The zero-order chi connectivity index (χ0) is 2.00. The summed E-state index contributed by atoms with van der Waals surface area (Å²) < 4.78 is 8.25. The van der Waals surface area contributed by atoms with E-state index in [0.717, 1.165) is 18.9 Å². The van der Waals surface area contributed by atoms with Crippen LogP contribution >= 0.6 is 0 Å². The molecule has 0 aromatic rings. The SMILES string of the molecule is [Ir].[O]=[Ir].[Ti]. The first-order chi connectivity index (χ1) is 1.00. The zero-order valence-electron chi connectivity index (χ0n) is 1.57. The predicted octanol–water partition coefficient (Wildman–Crippen LogP) is -0.126. The van der Waals surface area contributed by atoms with Gasteiger partial charge in [0.2, 0.25) is 0 Å². The molecule has 0 aliphatic rings.